The lowest BCUT2D eigenvalue weighted by Crippen LogP contribution is -2.76. The smallest absolute Gasteiger partial charge is 0.418 e. The van der Waals surface area contributed by atoms with Crippen molar-refractivity contribution in [1.29, 1.82) is 0 Å². The SMILES string of the molecule is CC1(N=C(N)c2ccc3c(c2)CC[C@H]([C@](C)(O/N=C(\C(=O)N[C@@H]2C(=O)N(OS(=O)(=O)O)C2(C)C)c2csc(N)n2)C(=O)O)O3)CC(N)C1. The van der Waals surface area contributed by atoms with Crippen molar-refractivity contribution in [2.75, 3.05) is 5.73 Å². The molecular formula is C28H36N8O10S2. The molecule has 0 unspecified atom stereocenters. The maximum Gasteiger partial charge on any atom is 0.418 e. The molecule has 1 saturated carbocycles. The van der Waals surface area contributed by atoms with Gasteiger partial charge in [0.25, 0.3) is 17.4 Å². The Kier molecular flexibility index (Phi) is 8.93. The van der Waals surface area contributed by atoms with Crippen LogP contribution >= 0.6 is 11.3 Å². The Balaban J connectivity index is 1.35. The van der Waals surface area contributed by atoms with Crippen LogP contribution in [0.25, 0.3) is 0 Å². The van der Waals surface area contributed by atoms with Crippen LogP contribution in [0.5, 0.6) is 5.75 Å². The molecule has 9 N–H and O–H groups in total. The van der Waals surface area contributed by atoms with E-state index in [9.17, 15) is 27.9 Å². The second kappa shape index (κ2) is 12.3. The van der Waals surface area contributed by atoms with E-state index in [1.54, 1.807) is 12.1 Å². The van der Waals surface area contributed by atoms with Gasteiger partial charge in [-0.15, -0.1) is 15.6 Å². The Morgan fingerprint density at radius 1 is 1.27 bits per heavy atom. The number of aromatic nitrogens is 1. The highest BCUT2D eigenvalue weighted by atomic mass is 32.3. The van der Waals surface area contributed by atoms with Gasteiger partial charge >= 0.3 is 16.4 Å². The summed E-state index contributed by atoms with van der Waals surface area (Å²) in [5.41, 5.74) is 15.0. The zero-order valence-electron chi connectivity index (χ0n) is 26.4. The van der Waals surface area contributed by atoms with Crippen molar-refractivity contribution in [3.63, 3.8) is 0 Å². The highest BCUT2D eigenvalue weighted by Gasteiger charge is 2.58. The molecule has 0 radical (unpaired) electrons. The number of benzene rings is 1. The molecule has 2 amide bonds. The van der Waals surface area contributed by atoms with Crippen molar-refractivity contribution in [2.24, 2.45) is 21.6 Å². The van der Waals surface area contributed by atoms with Gasteiger partial charge in [-0.05, 0) is 77.1 Å². The quantitative estimate of drug-likeness (QED) is 0.0594. The Hall–Kier alpha value is -4.37. The molecule has 2 aliphatic heterocycles. The van der Waals surface area contributed by atoms with Gasteiger partial charge in [-0.25, -0.2) is 9.78 Å². The summed E-state index contributed by atoms with van der Waals surface area (Å²) < 4.78 is 41.7. The molecule has 3 atom stereocenters. The van der Waals surface area contributed by atoms with E-state index >= 15 is 0 Å². The van der Waals surface area contributed by atoms with E-state index in [0.717, 1.165) is 29.7 Å². The first-order valence-corrected chi connectivity index (χ1v) is 16.9. The minimum Gasteiger partial charge on any atom is -0.485 e. The third-order valence-corrected chi connectivity index (χ3v) is 9.57. The number of hydrogen-bond donors (Lipinski definition) is 6. The molecular weight excluding hydrogens is 672 g/mol. The molecule has 18 nitrogen and oxygen atoms in total. The molecule has 5 rings (SSSR count). The molecule has 0 spiro atoms. The topological polar surface area (TPSA) is 284 Å². The van der Waals surface area contributed by atoms with Gasteiger partial charge in [0.2, 0.25) is 0 Å². The number of aliphatic carboxylic acids is 1. The number of rotatable bonds is 11. The number of oxime groups is 1. The molecule has 3 heterocycles. The second-order valence-corrected chi connectivity index (χ2v) is 14.7. The van der Waals surface area contributed by atoms with Crippen molar-refractivity contribution in [2.45, 2.75) is 88.2 Å². The lowest BCUT2D eigenvalue weighted by molar-refractivity contribution is -0.218. The molecule has 2 fully saturated rings. The van der Waals surface area contributed by atoms with E-state index in [1.165, 1.54) is 26.2 Å². The first-order valence-electron chi connectivity index (χ1n) is 14.7. The van der Waals surface area contributed by atoms with Gasteiger partial charge in [0.1, 0.15) is 23.3 Å². The van der Waals surface area contributed by atoms with Gasteiger partial charge < -0.3 is 37.2 Å². The normalized spacial score (nSPS) is 26.7. The minimum absolute atomic E-state index is 0.0573. The fraction of sp³-hybridized carbons (Fsp3) is 0.500. The van der Waals surface area contributed by atoms with Gasteiger partial charge in [-0.3, -0.25) is 19.1 Å². The van der Waals surface area contributed by atoms with E-state index in [0.29, 0.717) is 28.6 Å². The molecule has 48 heavy (non-hydrogen) atoms. The highest BCUT2D eigenvalue weighted by molar-refractivity contribution is 7.80. The number of amides is 2. The molecule has 1 aromatic carbocycles. The van der Waals surface area contributed by atoms with E-state index < -0.39 is 57.2 Å². The predicted octanol–water partition coefficient (Wildman–Crippen LogP) is 0.108. The summed E-state index contributed by atoms with van der Waals surface area (Å²) >= 11 is 0.963. The van der Waals surface area contributed by atoms with E-state index in [2.05, 4.69) is 24.7 Å². The third-order valence-electron chi connectivity index (χ3n) is 8.56. The number of β-lactam (4-membered cyclic amide) rings is 1. The number of thiazole rings is 1. The number of carboxylic acid groups (broad SMARTS) is 1. The number of hydrogen-bond acceptors (Lipinski definition) is 14. The number of amidine groups is 1. The van der Waals surface area contributed by atoms with Crippen LogP contribution in [0.3, 0.4) is 0 Å². The Labute approximate surface area is 279 Å². The summed E-state index contributed by atoms with van der Waals surface area (Å²) in [5, 5.41) is 18.4. The van der Waals surface area contributed by atoms with Crippen LogP contribution in [-0.4, -0.2) is 92.3 Å². The van der Waals surface area contributed by atoms with Crippen LogP contribution in [0.2, 0.25) is 0 Å². The summed E-state index contributed by atoms with van der Waals surface area (Å²) in [7, 11) is -5.03. The van der Waals surface area contributed by atoms with E-state index in [-0.39, 0.29) is 28.8 Å². The van der Waals surface area contributed by atoms with Gasteiger partial charge in [0, 0.05) is 17.0 Å². The number of aryl methyl sites for hydroxylation is 1. The minimum atomic E-state index is -5.03. The summed E-state index contributed by atoms with van der Waals surface area (Å²) in [5.74, 6) is -2.68. The Morgan fingerprint density at radius 3 is 2.52 bits per heavy atom. The van der Waals surface area contributed by atoms with Gasteiger partial charge in [0.15, 0.2) is 16.9 Å². The number of ether oxygens (including phenoxy) is 1. The molecule has 1 aliphatic carbocycles. The number of aliphatic imine (C=N–C) groups is 1. The van der Waals surface area contributed by atoms with Crippen molar-refractivity contribution in [3.05, 3.63) is 40.4 Å². The van der Waals surface area contributed by atoms with Crippen molar-refractivity contribution < 1.29 is 46.3 Å². The first kappa shape index (κ1) is 35.0. The number of carbonyl (C=O) groups is 3. The summed E-state index contributed by atoms with van der Waals surface area (Å²) in [6.45, 7) is 5.97. The average molecular weight is 709 g/mol. The summed E-state index contributed by atoms with van der Waals surface area (Å²) in [6.07, 6.45) is 0.996. The van der Waals surface area contributed by atoms with Crippen molar-refractivity contribution >= 4 is 56.2 Å². The average Bonchev–Trinajstić information content (AvgIpc) is 3.42. The van der Waals surface area contributed by atoms with Crippen LogP contribution in [0, 0.1) is 0 Å². The van der Waals surface area contributed by atoms with Gasteiger partial charge in [-0.1, -0.05) is 5.16 Å². The first-order chi connectivity index (χ1) is 22.2. The predicted molar refractivity (Wildman–Crippen MR) is 171 cm³/mol. The van der Waals surface area contributed by atoms with Crippen LogP contribution < -0.4 is 27.3 Å². The highest BCUT2D eigenvalue weighted by Crippen LogP contribution is 2.37. The van der Waals surface area contributed by atoms with E-state index in [4.69, 9.17) is 31.3 Å². The standard InChI is InChI=1S/C28H36N8O10S2/c1-26(2)20(23(38)36(26)46-48(41,42)43)33-22(37)19(16-12-47-25(31)32-16)35-45-28(4,24(39)40)18-8-6-13-9-14(5-7-17(13)44-18)21(30)34-27(3)10-15(29)11-27/h5,7,9,12,15,18,20H,6,8,10-11,29H2,1-4H3,(H2,30,34)(H2,31,32)(H,33,37)(H,39,40)(H,41,42,43)/b35-19-/t15?,18-,20-,27?,28+/m1/s1. The fourth-order valence-electron chi connectivity index (χ4n) is 5.85. The number of nitrogens with one attached hydrogen (secondary N) is 1. The zero-order valence-corrected chi connectivity index (χ0v) is 28.0. The number of carboxylic acids is 1. The number of carbonyl (C=O) groups excluding carboxylic acids is 2. The second-order valence-electron chi connectivity index (χ2n) is 12.8. The van der Waals surface area contributed by atoms with Crippen molar-refractivity contribution in [3.8, 4) is 5.75 Å². The zero-order chi connectivity index (χ0) is 35.4. The fourth-order valence-corrected chi connectivity index (χ4v) is 6.85. The van der Waals surface area contributed by atoms with Crippen molar-refractivity contribution in [1.82, 2.24) is 15.4 Å². The maximum absolute atomic E-state index is 13.4. The number of anilines is 1. The van der Waals surface area contributed by atoms with Gasteiger partial charge in [-0.2, -0.15) is 13.5 Å². The van der Waals surface area contributed by atoms with Crippen LogP contribution in [0.4, 0.5) is 5.13 Å². The molecule has 2 aromatic rings. The monoisotopic (exact) mass is 708 g/mol. The number of nitrogens with two attached hydrogens (primary N) is 3. The largest absolute Gasteiger partial charge is 0.485 e. The number of fused-ring (bicyclic) bond motifs is 1. The van der Waals surface area contributed by atoms with Gasteiger partial charge in [0.05, 0.1) is 11.1 Å². The summed E-state index contributed by atoms with van der Waals surface area (Å²) in [4.78, 5) is 52.9. The molecule has 20 heteroatoms. The molecule has 0 bridgehead atoms. The molecule has 1 aromatic heterocycles. The number of nitrogen functional groups attached to an aromatic ring is 1. The molecule has 3 aliphatic rings. The molecule has 260 valence electrons. The van der Waals surface area contributed by atoms with E-state index in [1.807, 2.05) is 13.0 Å². The van der Waals surface area contributed by atoms with Crippen LogP contribution in [-0.2, 0) is 40.3 Å². The Morgan fingerprint density at radius 2 is 1.96 bits per heavy atom. The number of hydroxylamine groups is 2. The maximum atomic E-state index is 13.4. The lowest BCUT2D eigenvalue weighted by atomic mass is 9.75. The lowest BCUT2D eigenvalue weighted by Gasteiger charge is -2.50. The third kappa shape index (κ3) is 6.79. The Bertz CT molecular complexity index is 1820. The van der Waals surface area contributed by atoms with Crippen LogP contribution in [0.1, 0.15) is 63.8 Å². The number of nitrogens with zero attached hydrogens (tertiary/aromatic N) is 4. The molecule has 1 saturated heterocycles. The summed E-state index contributed by atoms with van der Waals surface area (Å²) in [6, 6.07) is 3.99. The van der Waals surface area contributed by atoms with Crippen LogP contribution in [0.15, 0.2) is 33.7 Å².